The summed E-state index contributed by atoms with van der Waals surface area (Å²) in [4.78, 5) is 0. The van der Waals surface area contributed by atoms with Gasteiger partial charge in [0.1, 0.15) is 23.0 Å². The number of rotatable bonds is 13. The van der Waals surface area contributed by atoms with Gasteiger partial charge in [0.25, 0.3) is 0 Å². The summed E-state index contributed by atoms with van der Waals surface area (Å²) in [6.45, 7) is 25.9. The van der Waals surface area contributed by atoms with E-state index in [1.165, 1.54) is 5.30 Å². The molecule has 0 radical (unpaired) electrons. The largest absolute Gasteiger partial charge is 0.490 e. The Morgan fingerprint density at radius 3 is 1.09 bits per heavy atom. The fourth-order valence-corrected chi connectivity index (χ4v) is 11.1. The molecule has 3 aromatic rings. The molecule has 6 heteroatoms. The van der Waals surface area contributed by atoms with Gasteiger partial charge in [0.2, 0.25) is 0 Å². The second-order valence-electron chi connectivity index (χ2n) is 14.8. The van der Waals surface area contributed by atoms with Crippen LogP contribution in [0, 0.1) is 11.8 Å². The molecule has 4 rings (SSSR count). The molecule has 1 aliphatic rings. The zero-order chi connectivity index (χ0) is 34.6. The van der Waals surface area contributed by atoms with E-state index in [4.69, 9.17) is 18.9 Å². The van der Waals surface area contributed by atoms with Gasteiger partial charge in [0.15, 0.2) is 0 Å². The lowest BCUT2D eigenvalue weighted by Crippen LogP contribution is -2.40. The molecule has 3 aromatic carbocycles. The van der Waals surface area contributed by atoms with Crippen molar-refractivity contribution in [2.45, 2.75) is 138 Å². The van der Waals surface area contributed by atoms with Crippen molar-refractivity contribution < 1.29 is 24.1 Å². The van der Waals surface area contributed by atoms with Crippen LogP contribution in [-0.2, 0) is 0 Å². The number of hydrogen-bond acceptors (Lipinski definition) is 5. The molecule has 2 atom stereocenters. The molecule has 0 amide bonds. The molecule has 2 unspecified atom stereocenters. The highest BCUT2D eigenvalue weighted by Gasteiger charge is 2.43. The minimum absolute atomic E-state index is 0.0109. The van der Waals surface area contributed by atoms with Crippen molar-refractivity contribution in [3.8, 4) is 45.3 Å². The molecule has 0 spiro atoms. The summed E-state index contributed by atoms with van der Waals surface area (Å²) in [5.41, 5.74) is 4.87. The summed E-state index contributed by atoms with van der Waals surface area (Å²) >= 11 is 0. The van der Waals surface area contributed by atoms with Crippen LogP contribution < -0.4 is 24.3 Å². The first kappa shape index (κ1) is 37.1. The summed E-state index contributed by atoms with van der Waals surface area (Å²) in [6, 6.07) is 19.0. The van der Waals surface area contributed by atoms with Crippen LogP contribution in [0.15, 0.2) is 54.6 Å². The fraction of sp³-hybridized carbons (Fsp3) is 0.561. The third-order valence-electron chi connectivity index (χ3n) is 8.54. The van der Waals surface area contributed by atoms with Crippen LogP contribution in [0.25, 0.3) is 22.3 Å². The van der Waals surface area contributed by atoms with Gasteiger partial charge in [-0.3, -0.25) is 0 Å². The van der Waals surface area contributed by atoms with E-state index in [0.29, 0.717) is 23.2 Å². The number of aliphatic hydroxyl groups excluding tert-OH is 1. The van der Waals surface area contributed by atoms with Gasteiger partial charge in [0.05, 0.1) is 41.6 Å². The van der Waals surface area contributed by atoms with Gasteiger partial charge in [-0.1, -0.05) is 65.9 Å². The molecule has 258 valence electrons. The molecule has 0 bridgehead atoms. The van der Waals surface area contributed by atoms with E-state index in [9.17, 15) is 5.11 Å². The van der Waals surface area contributed by atoms with Crippen LogP contribution in [0.2, 0.25) is 0 Å². The number of hydrogen-bond donors (Lipinski definition) is 1. The quantitative estimate of drug-likeness (QED) is 0.185. The van der Waals surface area contributed by atoms with Crippen LogP contribution in [-0.4, -0.2) is 46.9 Å². The average Bonchev–Trinajstić information content (AvgIpc) is 2.95. The molecule has 0 aromatic heterocycles. The molecule has 5 nitrogen and oxygen atoms in total. The van der Waals surface area contributed by atoms with Gasteiger partial charge in [-0.25, -0.2) is 0 Å². The van der Waals surface area contributed by atoms with E-state index in [2.05, 4.69) is 126 Å². The standard InChI is InChI=1S/C41H59O5P/c1-24(2)37-22-30(42)23-38(25(3)4)47(37)41-31(39-33(43-26(5)6)18-14-19-34(39)44-27(7)8)16-13-17-32(41)40-35(45-28(9)10)20-15-21-36(40)46-29(11)12/h13-21,24-30,37-38,42H,22-23H2,1-12H3. The van der Waals surface area contributed by atoms with Gasteiger partial charge in [-0.05, 0) is 132 Å². The number of benzene rings is 3. The van der Waals surface area contributed by atoms with Crippen LogP contribution in [0.5, 0.6) is 23.0 Å². The minimum atomic E-state index is -0.801. The third kappa shape index (κ3) is 8.84. The molecular formula is C41H59O5P. The first-order valence-electron chi connectivity index (χ1n) is 17.7. The average molecular weight is 663 g/mol. The topological polar surface area (TPSA) is 57.2 Å². The monoisotopic (exact) mass is 662 g/mol. The smallest absolute Gasteiger partial charge is 0.131 e. The Kier molecular flexibility index (Phi) is 12.7. The van der Waals surface area contributed by atoms with Crippen molar-refractivity contribution in [1.82, 2.24) is 0 Å². The van der Waals surface area contributed by atoms with E-state index >= 15 is 0 Å². The molecule has 1 N–H and O–H groups in total. The summed E-state index contributed by atoms with van der Waals surface area (Å²) in [5.74, 6) is 4.04. The van der Waals surface area contributed by atoms with E-state index in [-0.39, 0.29) is 30.5 Å². The number of aliphatic hydroxyl groups is 1. The van der Waals surface area contributed by atoms with Gasteiger partial charge < -0.3 is 24.1 Å². The maximum absolute atomic E-state index is 11.3. The fourth-order valence-electron chi connectivity index (χ4n) is 6.83. The first-order chi connectivity index (χ1) is 22.2. The Balaban J connectivity index is 2.22. The third-order valence-corrected chi connectivity index (χ3v) is 12.6. The van der Waals surface area contributed by atoms with Crippen LogP contribution >= 0.6 is 7.92 Å². The Morgan fingerprint density at radius 1 is 0.511 bits per heavy atom. The lowest BCUT2D eigenvalue weighted by atomic mass is 9.95. The summed E-state index contributed by atoms with van der Waals surface area (Å²) in [5, 5.41) is 12.6. The molecule has 0 aliphatic carbocycles. The maximum Gasteiger partial charge on any atom is 0.131 e. The molecule has 1 fully saturated rings. The highest BCUT2D eigenvalue weighted by atomic mass is 31.1. The van der Waals surface area contributed by atoms with Crippen LogP contribution in [0.4, 0.5) is 0 Å². The molecule has 0 saturated carbocycles. The normalized spacial score (nSPS) is 20.1. The second-order valence-corrected chi connectivity index (χ2v) is 17.4. The zero-order valence-corrected chi connectivity index (χ0v) is 31.7. The van der Waals surface area contributed by atoms with E-state index in [1.807, 2.05) is 12.1 Å². The van der Waals surface area contributed by atoms with Gasteiger partial charge in [0, 0.05) is 0 Å². The lowest BCUT2D eigenvalue weighted by Gasteiger charge is -2.46. The van der Waals surface area contributed by atoms with E-state index in [1.54, 1.807) is 0 Å². The van der Waals surface area contributed by atoms with Crippen molar-refractivity contribution >= 4 is 13.2 Å². The SMILES string of the molecule is CC(C)Oc1cccc(OC(C)C)c1-c1cccc(-c2c(OC(C)C)cccc2OC(C)C)c1P1C(C(C)C)CC(O)CC1C(C)C. The van der Waals surface area contributed by atoms with Gasteiger partial charge >= 0.3 is 0 Å². The summed E-state index contributed by atoms with van der Waals surface area (Å²) in [7, 11) is -0.801. The summed E-state index contributed by atoms with van der Waals surface area (Å²) < 4.78 is 26.3. The Morgan fingerprint density at radius 2 is 0.809 bits per heavy atom. The van der Waals surface area contributed by atoms with Gasteiger partial charge in [-0.15, -0.1) is 0 Å². The van der Waals surface area contributed by atoms with Crippen molar-refractivity contribution in [2.24, 2.45) is 11.8 Å². The predicted octanol–water partition coefficient (Wildman–Crippen LogP) is 10.5. The van der Waals surface area contributed by atoms with Crippen molar-refractivity contribution in [2.75, 3.05) is 0 Å². The Hall–Kier alpha value is -2.75. The summed E-state index contributed by atoms with van der Waals surface area (Å²) in [6.07, 6.45) is 1.23. The van der Waals surface area contributed by atoms with E-state index < -0.39 is 7.92 Å². The maximum atomic E-state index is 11.3. The highest BCUT2D eigenvalue weighted by molar-refractivity contribution is 7.67. The molecular weight excluding hydrogens is 603 g/mol. The first-order valence-corrected chi connectivity index (χ1v) is 19.2. The number of ether oxygens (including phenoxy) is 4. The van der Waals surface area contributed by atoms with Crippen LogP contribution in [0.1, 0.15) is 95.9 Å². The van der Waals surface area contributed by atoms with Crippen molar-refractivity contribution in [3.63, 3.8) is 0 Å². The lowest BCUT2D eigenvalue weighted by molar-refractivity contribution is 0.135. The van der Waals surface area contributed by atoms with Gasteiger partial charge in [-0.2, -0.15) is 0 Å². The predicted molar refractivity (Wildman–Crippen MR) is 199 cm³/mol. The van der Waals surface area contributed by atoms with Crippen molar-refractivity contribution in [1.29, 1.82) is 0 Å². The Labute approximate surface area is 286 Å². The molecule has 47 heavy (non-hydrogen) atoms. The molecule has 1 saturated heterocycles. The highest BCUT2D eigenvalue weighted by Crippen LogP contribution is 2.61. The molecule has 1 aliphatic heterocycles. The van der Waals surface area contributed by atoms with Crippen LogP contribution in [0.3, 0.4) is 0 Å². The molecule has 1 heterocycles. The zero-order valence-electron chi connectivity index (χ0n) is 30.8. The minimum Gasteiger partial charge on any atom is -0.490 e. The van der Waals surface area contributed by atoms with Crippen molar-refractivity contribution in [3.05, 3.63) is 54.6 Å². The second kappa shape index (κ2) is 16.1. The van der Waals surface area contributed by atoms with E-state index in [0.717, 1.165) is 58.1 Å². The Bertz CT molecular complexity index is 1300.